The van der Waals surface area contributed by atoms with Crippen molar-refractivity contribution in [2.24, 2.45) is 5.92 Å². The summed E-state index contributed by atoms with van der Waals surface area (Å²) in [6.07, 6.45) is 0.224. The lowest BCUT2D eigenvalue weighted by molar-refractivity contribution is -0.140. The van der Waals surface area contributed by atoms with Crippen molar-refractivity contribution in [3.63, 3.8) is 0 Å². The van der Waals surface area contributed by atoms with Crippen LogP contribution < -0.4 is 9.62 Å². The van der Waals surface area contributed by atoms with E-state index in [1.54, 1.807) is 24.3 Å². The van der Waals surface area contributed by atoms with E-state index in [1.165, 1.54) is 17.0 Å². The van der Waals surface area contributed by atoms with E-state index < -0.39 is 34.3 Å². The van der Waals surface area contributed by atoms with Gasteiger partial charge in [-0.2, -0.15) is 0 Å². The Morgan fingerprint density at radius 3 is 2.07 bits per heavy atom. The predicted octanol–water partition coefficient (Wildman–Crippen LogP) is 6.50. The molecule has 0 aliphatic rings. The molecule has 0 heterocycles. The number of benzene rings is 4. The molecule has 236 valence electrons. The van der Waals surface area contributed by atoms with Crippen LogP contribution >= 0.6 is 15.9 Å². The summed E-state index contributed by atoms with van der Waals surface area (Å²) in [5, 5.41) is 2.98. The third-order valence-corrected chi connectivity index (χ3v) is 9.54. The largest absolute Gasteiger partial charge is 0.354 e. The molecule has 2 amide bonds. The summed E-state index contributed by atoms with van der Waals surface area (Å²) in [6.45, 7) is 5.74. The van der Waals surface area contributed by atoms with Crippen LogP contribution in [0.3, 0.4) is 0 Å². The van der Waals surface area contributed by atoms with E-state index in [-0.39, 0.29) is 35.4 Å². The maximum absolute atomic E-state index is 14.4. The highest BCUT2D eigenvalue weighted by Crippen LogP contribution is 2.26. The molecule has 4 aromatic rings. The minimum Gasteiger partial charge on any atom is -0.354 e. The van der Waals surface area contributed by atoms with Crippen LogP contribution in [0.15, 0.2) is 112 Å². The number of amides is 2. The van der Waals surface area contributed by atoms with E-state index >= 15 is 0 Å². The molecule has 0 bridgehead atoms. The fourth-order valence-corrected chi connectivity index (χ4v) is 6.42. The van der Waals surface area contributed by atoms with Gasteiger partial charge in [-0.25, -0.2) is 12.8 Å². The van der Waals surface area contributed by atoms with Gasteiger partial charge in [-0.3, -0.25) is 13.9 Å². The van der Waals surface area contributed by atoms with Gasteiger partial charge in [-0.15, -0.1) is 0 Å². The Bertz CT molecular complexity index is 1680. The average molecular weight is 695 g/mol. The topological polar surface area (TPSA) is 86.8 Å². The number of anilines is 1. The third-order valence-electron chi connectivity index (χ3n) is 7.22. The number of sulfonamides is 1. The molecule has 0 fully saturated rings. The van der Waals surface area contributed by atoms with E-state index in [2.05, 4.69) is 21.2 Å². The van der Waals surface area contributed by atoms with Gasteiger partial charge in [0.05, 0.1) is 10.6 Å². The van der Waals surface area contributed by atoms with Crippen LogP contribution in [0, 0.1) is 18.7 Å². The highest BCUT2D eigenvalue weighted by molar-refractivity contribution is 9.10. The van der Waals surface area contributed by atoms with Crippen LogP contribution in [0.25, 0.3) is 0 Å². The second-order valence-corrected chi connectivity index (χ2v) is 14.1. The molecule has 0 spiro atoms. The first-order valence-corrected chi connectivity index (χ1v) is 16.9. The van der Waals surface area contributed by atoms with Crippen LogP contribution in [0.4, 0.5) is 10.1 Å². The van der Waals surface area contributed by atoms with Gasteiger partial charge in [0.15, 0.2) is 0 Å². The van der Waals surface area contributed by atoms with Crippen molar-refractivity contribution < 1.29 is 22.4 Å². The molecule has 0 saturated carbocycles. The minimum atomic E-state index is -4.30. The zero-order chi connectivity index (χ0) is 32.6. The Labute approximate surface area is 273 Å². The molecular weight excluding hydrogens is 657 g/mol. The van der Waals surface area contributed by atoms with Crippen molar-refractivity contribution in [1.82, 2.24) is 10.2 Å². The number of hydrogen-bond acceptors (Lipinski definition) is 4. The zero-order valence-corrected chi connectivity index (χ0v) is 27.9. The monoisotopic (exact) mass is 693 g/mol. The molecule has 0 radical (unpaired) electrons. The molecule has 45 heavy (non-hydrogen) atoms. The summed E-state index contributed by atoms with van der Waals surface area (Å²) < 4.78 is 43.6. The molecule has 7 nitrogen and oxygen atoms in total. The number of rotatable bonds is 13. The van der Waals surface area contributed by atoms with Crippen molar-refractivity contribution in [3.8, 4) is 0 Å². The second kappa shape index (κ2) is 15.3. The standard InChI is InChI=1S/C35H37BrFN3O4S/c1-25(2)22-38-35(42)33(21-27-7-5-4-6-8-27)39(23-28-11-13-29(36)14-12-28)34(41)24-40(31-17-9-26(3)10-18-31)45(43,44)32-19-15-30(37)16-20-32/h4-20,25,33H,21-24H2,1-3H3,(H,38,42)/t33-/m1/s1. The average Bonchev–Trinajstić information content (AvgIpc) is 3.02. The maximum atomic E-state index is 14.4. The first-order valence-electron chi connectivity index (χ1n) is 14.6. The Morgan fingerprint density at radius 1 is 0.844 bits per heavy atom. The Morgan fingerprint density at radius 2 is 1.47 bits per heavy atom. The normalized spacial score (nSPS) is 12.0. The van der Waals surface area contributed by atoms with Crippen LogP contribution in [0.2, 0.25) is 0 Å². The van der Waals surface area contributed by atoms with E-state index in [1.807, 2.05) is 75.4 Å². The number of aryl methyl sites for hydroxylation is 1. The van der Waals surface area contributed by atoms with Crippen molar-refractivity contribution in [2.75, 3.05) is 17.4 Å². The highest BCUT2D eigenvalue weighted by atomic mass is 79.9. The predicted molar refractivity (Wildman–Crippen MR) is 179 cm³/mol. The number of hydrogen-bond donors (Lipinski definition) is 1. The molecule has 0 unspecified atom stereocenters. The lowest BCUT2D eigenvalue weighted by atomic mass is 10.0. The highest BCUT2D eigenvalue weighted by Gasteiger charge is 2.34. The zero-order valence-electron chi connectivity index (χ0n) is 25.5. The van der Waals surface area contributed by atoms with Crippen molar-refractivity contribution >= 4 is 43.5 Å². The maximum Gasteiger partial charge on any atom is 0.264 e. The quantitative estimate of drug-likeness (QED) is 0.173. The second-order valence-electron chi connectivity index (χ2n) is 11.3. The number of halogens is 2. The van der Waals surface area contributed by atoms with Crippen molar-refractivity contribution in [2.45, 2.75) is 44.7 Å². The fraction of sp³-hybridized carbons (Fsp3) is 0.257. The molecule has 4 rings (SSSR count). The summed E-state index contributed by atoms with van der Waals surface area (Å²) in [5.74, 6) is -1.30. The van der Waals surface area contributed by atoms with E-state index in [0.29, 0.717) is 6.54 Å². The van der Waals surface area contributed by atoms with Gasteiger partial charge in [-0.1, -0.05) is 89.9 Å². The number of carbonyl (C=O) groups is 2. The van der Waals surface area contributed by atoms with Gasteiger partial charge in [0.25, 0.3) is 10.0 Å². The molecule has 0 aromatic heterocycles. The van der Waals surface area contributed by atoms with Crippen molar-refractivity contribution in [1.29, 1.82) is 0 Å². The fourth-order valence-electron chi connectivity index (χ4n) is 4.74. The summed E-state index contributed by atoms with van der Waals surface area (Å²) in [6, 6.07) is 27.1. The Balaban J connectivity index is 1.79. The van der Waals surface area contributed by atoms with Crippen LogP contribution in [0.5, 0.6) is 0 Å². The molecular formula is C35H37BrFN3O4S. The van der Waals surface area contributed by atoms with Gasteiger partial charge in [-0.05, 0) is 72.5 Å². The lowest BCUT2D eigenvalue weighted by Crippen LogP contribution is -2.53. The molecule has 1 N–H and O–H groups in total. The summed E-state index contributed by atoms with van der Waals surface area (Å²) in [7, 11) is -4.30. The van der Waals surface area contributed by atoms with Gasteiger partial charge < -0.3 is 10.2 Å². The van der Waals surface area contributed by atoms with E-state index in [4.69, 9.17) is 0 Å². The van der Waals surface area contributed by atoms with Crippen LogP contribution in [-0.2, 0) is 32.6 Å². The molecule has 1 atom stereocenters. The van der Waals surface area contributed by atoms with Gasteiger partial charge in [0, 0.05) is 24.0 Å². The summed E-state index contributed by atoms with van der Waals surface area (Å²) in [4.78, 5) is 29.5. The minimum absolute atomic E-state index is 0.0665. The van der Waals surface area contributed by atoms with E-state index in [9.17, 15) is 22.4 Å². The SMILES string of the molecule is Cc1ccc(N(CC(=O)N(Cc2ccc(Br)cc2)[C@H](Cc2ccccc2)C(=O)NCC(C)C)S(=O)(=O)c2ccc(F)cc2)cc1. The molecule has 4 aromatic carbocycles. The van der Waals surface area contributed by atoms with E-state index in [0.717, 1.165) is 37.6 Å². The van der Waals surface area contributed by atoms with Gasteiger partial charge >= 0.3 is 0 Å². The lowest BCUT2D eigenvalue weighted by Gasteiger charge is -2.34. The number of nitrogens with zero attached hydrogens (tertiary/aromatic N) is 2. The third kappa shape index (κ3) is 9.25. The smallest absolute Gasteiger partial charge is 0.264 e. The summed E-state index contributed by atoms with van der Waals surface area (Å²) >= 11 is 3.44. The molecule has 0 aliphatic heterocycles. The molecule has 10 heteroatoms. The number of carbonyl (C=O) groups excluding carboxylic acids is 2. The Kier molecular flexibility index (Phi) is 11.5. The number of nitrogens with one attached hydrogen (secondary N) is 1. The van der Waals surface area contributed by atoms with Crippen LogP contribution in [0.1, 0.15) is 30.5 Å². The van der Waals surface area contributed by atoms with Crippen LogP contribution in [-0.4, -0.2) is 44.3 Å². The molecule has 0 saturated heterocycles. The molecule has 0 aliphatic carbocycles. The first kappa shape index (κ1) is 33.9. The van der Waals surface area contributed by atoms with Gasteiger partial charge in [0.2, 0.25) is 11.8 Å². The van der Waals surface area contributed by atoms with Gasteiger partial charge in [0.1, 0.15) is 18.4 Å². The first-order chi connectivity index (χ1) is 21.4. The Hall–Kier alpha value is -4.02. The summed E-state index contributed by atoms with van der Waals surface area (Å²) in [5.41, 5.74) is 2.80. The van der Waals surface area contributed by atoms with Crippen molar-refractivity contribution in [3.05, 3.63) is 130 Å².